The van der Waals surface area contributed by atoms with E-state index < -0.39 is 47.1 Å². The zero-order valence-corrected chi connectivity index (χ0v) is 24.1. The van der Waals surface area contributed by atoms with Crippen molar-refractivity contribution >= 4 is 23.5 Å². The molecule has 2 saturated heterocycles. The van der Waals surface area contributed by atoms with Gasteiger partial charge in [0.2, 0.25) is 5.91 Å². The monoisotopic (exact) mass is 591 g/mol. The number of carbonyl (C=O) groups excluding carboxylic acids is 2. The number of carbonyl (C=O) groups is 2. The molecule has 2 aliphatic heterocycles. The quantitative estimate of drug-likeness (QED) is 0.244. The summed E-state index contributed by atoms with van der Waals surface area (Å²) >= 11 is 6.02. The van der Waals surface area contributed by atoms with Gasteiger partial charge >= 0.3 is 12.2 Å². The van der Waals surface area contributed by atoms with Crippen LogP contribution in [0, 0.1) is 18.2 Å². The Morgan fingerprint density at radius 2 is 1.83 bits per heavy atom. The van der Waals surface area contributed by atoms with Gasteiger partial charge in [0, 0.05) is 25.2 Å². The third kappa shape index (κ3) is 5.73. The summed E-state index contributed by atoms with van der Waals surface area (Å²) in [5.41, 5.74) is -0.0639. The molecule has 2 aliphatic rings. The van der Waals surface area contributed by atoms with E-state index in [0.717, 1.165) is 12.1 Å². The lowest BCUT2D eigenvalue weighted by Crippen LogP contribution is -2.57. The summed E-state index contributed by atoms with van der Waals surface area (Å²) in [6, 6.07) is 5.46. The normalized spacial score (nSPS) is 20.9. The predicted molar refractivity (Wildman–Crippen MR) is 151 cm³/mol. The fourth-order valence-corrected chi connectivity index (χ4v) is 6.56. The van der Waals surface area contributed by atoms with Crippen LogP contribution in [-0.2, 0) is 11.0 Å². The average molecular weight is 592 g/mol. The van der Waals surface area contributed by atoms with Crippen LogP contribution in [0.1, 0.15) is 60.5 Å². The van der Waals surface area contributed by atoms with Crippen LogP contribution in [0.3, 0.4) is 0 Å². The van der Waals surface area contributed by atoms with Gasteiger partial charge in [0.1, 0.15) is 5.82 Å². The van der Waals surface area contributed by atoms with Crippen LogP contribution in [0.4, 0.5) is 22.4 Å². The minimum absolute atomic E-state index is 0.0282. The molecule has 0 aromatic heterocycles. The molecule has 41 heavy (non-hydrogen) atoms. The van der Waals surface area contributed by atoms with Crippen molar-refractivity contribution in [3.05, 3.63) is 94.8 Å². The summed E-state index contributed by atoms with van der Waals surface area (Å²) in [5.74, 6) is -0.446. The standard InChI is InChI=1S/C31H34ClF4N3O2/c1-6-10-30(11-7-2)18-26-27(25-9-8-24(33)14-19(25)3)39(13-12-38(26)28(30)40)29(41)37(5)20(4)21-15-22(31(34,35)36)17-23(32)16-21/h6-9,14-17,20,26-27H,1-2,10-13,18H2,3-5H3/t20-,26+,27+/m1/s1. The van der Waals surface area contributed by atoms with E-state index in [1.807, 2.05) is 0 Å². The number of urea groups is 1. The summed E-state index contributed by atoms with van der Waals surface area (Å²) in [4.78, 5) is 32.7. The van der Waals surface area contributed by atoms with E-state index in [1.165, 1.54) is 30.1 Å². The summed E-state index contributed by atoms with van der Waals surface area (Å²) in [6.45, 7) is 11.6. The van der Waals surface area contributed by atoms with Gasteiger partial charge in [0.25, 0.3) is 0 Å². The van der Waals surface area contributed by atoms with Crippen LogP contribution >= 0.6 is 11.6 Å². The highest BCUT2D eigenvalue weighted by Gasteiger charge is 2.56. The molecule has 0 bridgehead atoms. The van der Waals surface area contributed by atoms with Crippen LogP contribution in [0.25, 0.3) is 0 Å². The maximum absolute atomic E-state index is 14.1. The topological polar surface area (TPSA) is 43.9 Å². The van der Waals surface area contributed by atoms with Crippen molar-refractivity contribution in [2.24, 2.45) is 5.41 Å². The number of halogens is 5. The number of aryl methyl sites for hydroxylation is 1. The molecule has 3 amide bonds. The highest BCUT2D eigenvalue weighted by Crippen LogP contribution is 2.50. The van der Waals surface area contributed by atoms with Gasteiger partial charge in [-0.3, -0.25) is 4.79 Å². The number of hydrogen-bond acceptors (Lipinski definition) is 2. The Labute approximate surface area is 243 Å². The number of fused-ring (bicyclic) bond motifs is 1. The van der Waals surface area contributed by atoms with Crippen LogP contribution in [0.15, 0.2) is 61.7 Å². The molecular formula is C31H34ClF4N3O2. The van der Waals surface area contributed by atoms with E-state index in [9.17, 15) is 27.2 Å². The molecule has 0 aliphatic carbocycles. The largest absolute Gasteiger partial charge is 0.416 e. The van der Waals surface area contributed by atoms with Crippen LogP contribution < -0.4 is 0 Å². The third-order valence-electron chi connectivity index (χ3n) is 8.48. The van der Waals surface area contributed by atoms with E-state index in [0.29, 0.717) is 36.9 Å². The number of allylic oxidation sites excluding steroid dienone is 2. The van der Waals surface area contributed by atoms with Crippen LogP contribution in [0.2, 0.25) is 5.02 Å². The molecule has 3 atom stereocenters. The van der Waals surface area contributed by atoms with Crippen molar-refractivity contribution in [2.45, 2.75) is 57.4 Å². The SMILES string of the molecule is C=CCC1(CC=C)C[C@H]2[C@H](c3ccc(F)cc3C)N(C(=O)N(C)[C@H](C)c3cc(Cl)cc(C(F)(F)F)c3)CCN2C1=O. The molecule has 2 heterocycles. The number of benzene rings is 2. The maximum atomic E-state index is 14.1. The Morgan fingerprint density at radius 1 is 1.17 bits per heavy atom. The maximum Gasteiger partial charge on any atom is 0.416 e. The summed E-state index contributed by atoms with van der Waals surface area (Å²) < 4.78 is 54.6. The van der Waals surface area contributed by atoms with Gasteiger partial charge in [-0.25, -0.2) is 9.18 Å². The molecule has 0 radical (unpaired) electrons. The molecule has 0 N–H and O–H groups in total. The van der Waals surface area contributed by atoms with Crippen molar-refractivity contribution < 1.29 is 27.2 Å². The zero-order chi connectivity index (χ0) is 30.3. The Hall–Kier alpha value is -3.33. The molecule has 2 aromatic carbocycles. The molecule has 0 saturated carbocycles. The summed E-state index contributed by atoms with van der Waals surface area (Å²) in [6.07, 6.45) is 0.176. The van der Waals surface area contributed by atoms with Crippen LogP contribution in [0.5, 0.6) is 0 Å². The second kappa shape index (κ2) is 11.5. The molecule has 0 unspecified atom stereocenters. The first kappa shape index (κ1) is 30.6. The average Bonchev–Trinajstić information content (AvgIpc) is 3.18. The first-order valence-corrected chi connectivity index (χ1v) is 13.8. The Bertz CT molecular complexity index is 1350. The second-order valence-electron chi connectivity index (χ2n) is 11.0. The fourth-order valence-electron chi connectivity index (χ4n) is 6.31. The van der Waals surface area contributed by atoms with Crippen molar-refractivity contribution in [1.29, 1.82) is 0 Å². The first-order valence-electron chi connectivity index (χ1n) is 13.4. The number of nitrogens with zero attached hydrogens (tertiary/aromatic N) is 3. The smallest absolute Gasteiger partial charge is 0.335 e. The van der Waals surface area contributed by atoms with Gasteiger partial charge in [-0.2, -0.15) is 13.2 Å². The zero-order valence-electron chi connectivity index (χ0n) is 23.3. The Balaban J connectivity index is 1.74. The van der Waals surface area contributed by atoms with Gasteiger partial charge in [-0.05, 0) is 80.1 Å². The van der Waals surface area contributed by atoms with Crippen molar-refractivity contribution in [3.8, 4) is 0 Å². The Morgan fingerprint density at radius 3 is 2.41 bits per heavy atom. The van der Waals surface area contributed by atoms with E-state index in [2.05, 4.69) is 13.2 Å². The summed E-state index contributed by atoms with van der Waals surface area (Å²) in [7, 11) is 1.53. The van der Waals surface area contributed by atoms with E-state index in [-0.39, 0.29) is 23.0 Å². The van der Waals surface area contributed by atoms with Gasteiger partial charge in [0.15, 0.2) is 0 Å². The van der Waals surface area contributed by atoms with E-state index in [1.54, 1.807) is 41.9 Å². The minimum Gasteiger partial charge on any atom is -0.335 e. The fraction of sp³-hybridized carbons (Fsp3) is 0.419. The van der Waals surface area contributed by atoms with Gasteiger partial charge < -0.3 is 14.7 Å². The van der Waals surface area contributed by atoms with Crippen LogP contribution in [-0.4, -0.2) is 52.8 Å². The molecule has 2 fully saturated rings. The van der Waals surface area contributed by atoms with Gasteiger partial charge in [0.05, 0.1) is 29.1 Å². The third-order valence-corrected chi connectivity index (χ3v) is 8.69. The van der Waals surface area contributed by atoms with E-state index in [4.69, 9.17) is 11.6 Å². The number of piperazine rings is 1. The van der Waals surface area contributed by atoms with Gasteiger partial charge in [-0.15, -0.1) is 13.2 Å². The molecule has 5 nitrogen and oxygen atoms in total. The van der Waals surface area contributed by atoms with Gasteiger partial charge in [-0.1, -0.05) is 29.8 Å². The minimum atomic E-state index is -4.60. The highest BCUT2D eigenvalue weighted by molar-refractivity contribution is 6.30. The second-order valence-corrected chi connectivity index (χ2v) is 11.5. The lowest BCUT2D eigenvalue weighted by Gasteiger charge is -2.47. The van der Waals surface area contributed by atoms with Crippen molar-refractivity contribution in [1.82, 2.24) is 14.7 Å². The van der Waals surface area contributed by atoms with E-state index >= 15 is 0 Å². The molecule has 2 aromatic rings. The first-order chi connectivity index (χ1) is 19.2. The number of rotatable bonds is 7. The van der Waals surface area contributed by atoms with Crippen molar-refractivity contribution in [3.63, 3.8) is 0 Å². The Kier molecular flexibility index (Phi) is 8.60. The predicted octanol–water partition coefficient (Wildman–Crippen LogP) is 7.72. The lowest BCUT2D eigenvalue weighted by atomic mass is 9.76. The molecule has 4 rings (SSSR count). The number of hydrogen-bond donors (Lipinski definition) is 0. The molecule has 0 spiro atoms. The highest BCUT2D eigenvalue weighted by atomic mass is 35.5. The van der Waals surface area contributed by atoms with Crippen molar-refractivity contribution in [2.75, 3.05) is 20.1 Å². The molecule has 10 heteroatoms. The lowest BCUT2D eigenvalue weighted by molar-refractivity contribution is -0.139. The molecule has 220 valence electrons. The summed E-state index contributed by atoms with van der Waals surface area (Å²) in [5, 5.41) is -0.0822. The molecular weight excluding hydrogens is 558 g/mol. The number of alkyl halides is 3. The number of amides is 3.